The van der Waals surface area contributed by atoms with Gasteiger partial charge in [-0.2, -0.15) is 0 Å². The Morgan fingerprint density at radius 2 is 1.79 bits per heavy atom. The summed E-state index contributed by atoms with van der Waals surface area (Å²) in [5, 5.41) is 3.65. The molecule has 5 aromatic rings. The average molecular weight is 527 g/mol. The molecule has 1 aliphatic heterocycles. The summed E-state index contributed by atoms with van der Waals surface area (Å²) in [6.07, 6.45) is 3.59. The van der Waals surface area contributed by atoms with Crippen LogP contribution in [-0.4, -0.2) is 22.6 Å². The fourth-order valence-corrected chi connectivity index (χ4v) is 5.25. The number of nitrogens with zero attached hydrogens (tertiary/aromatic N) is 2. The van der Waals surface area contributed by atoms with E-state index in [1.807, 2.05) is 24.2 Å². The molecular weight excluding hydrogens is 502 g/mol. The molecule has 2 aromatic heterocycles. The number of fused-ring (bicyclic) bond motifs is 2. The molecule has 0 fully saturated rings. The highest BCUT2D eigenvalue weighted by Gasteiger charge is 2.26. The van der Waals surface area contributed by atoms with Crippen LogP contribution in [0.4, 0.5) is 20.2 Å². The first-order chi connectivity index (χ1) is 18.8. The van der Waals surface area contributed by atoms with Gasteiger partial charge < -0.3 is 24.5 Å². The maximum atomic E-state index is 13.8. The number of aromatic nitrogens is 2. The number of halogens is 2. The van der Waals surface area contributed by atoms with Crippen molar-refractivity contribution in [3.63, 3.8) is 0 Å². The van der Waals surface area contributed by atoms with Crippen LogP contribution in [0.1, 0.15) is 21.5 Å². The largest absolute Gasteiger partial charge is 0.496 e. The van der Waals surface area contributed by atoms with Crippen molar-refractivity contribution in [2.45, 2.75) is 13.1 Å². The van der Waals surface area contributed by atoms with E-state index in [-0.39, 0.29) is 23.8 Å². The summed E-state index contributed by atoms with van der Waals surface area (Å²) < 4.78 is 34.6. The number of H-pyrrole nitrogens is 1. The molecule has 2 N–H and O–H groups in total. The van der Waals surface area contributed by atoms with Gasteiger partial charge in [-0.1, -0.05) is 0 Å². The van der Waals surface area contributed by atoms with Crippen molar-refractivity contribution in [1.29, 1.82) is 0 Å². The lowest BCUT2D eigenvalue weighted by molar-refractivity contribution is 0.0950. The third-order valence-electron chi connectivity index (χ3n) is 7.08. The van der Waals surface area contributed by atoms with Crippen LogP contribution in [0.5, 0.6) is 5.75 Å². The zero-order chi connectivity index (χ0) is 27.3. The van der Waals surface area contributed by atoms with E-state index in [0.717, 1.165) is 33.5 Å². The maximum Gasteiger partial charge on any atom is 0.272 e. The molecule has 0 saturated carbocycles. The lowest BCUT2D eigenvalue weighted by Crippen LogP contribution is -2.23. The minimum atomic E-state index is -0.423. The summed E-state index contributed by atoms with van der Waals surface area (Å²) in [7, 11) is 3.30. The summed E-state index contributed by atoms with van der Waals surface area (Å²) in [6, 6.07) is 15.7. The molecule has 0 bridgehead atoms. The molecule has 1 aliphatic rings. The zero-order valence-electron chi connectivity index (χ0n) is 21.2. The maximum absolute atomic E-state index is 13.8. The standard InChI is InChI=1S/C30H24F2N4O3/c1-35-16-24-23-12-17(29(37)33-13-18-11-21(32)6-10-26(18)39-2)3-9-25(23)36(22-7-4-20(31)5-8-22)15-19-14-34-30(38)28(35)27(19)24/h3-12,14,16H,13,15H2,1-2H3,(H,33,37)(H,34,38). The zero-order valence-corrected chi connectivity index (χ0v) is 21.2. The number of anilines is 2. The minimum absolute atomic E-state index is 0.0757. The van der Waals surface area contributed by atoms with Crippen LogP contribution in [0, 0.1) is 11.6 Å². The van der Waals surface area contributed by atoms with Crippen molar-refractivity contribution in [1.82, 2.24) is 14.9 Å². The molecule has 0 saturated heterocycles. The molecule has 1 amide bonds. The highest BCUT2D eigenvalue weighted by molar-refractivity contribution is 6.05. The number of methoxy groups -OCH3 is 1. The van der Waals surface area contributed by atoms with Crippen LogP contribution < -0.4 is 20.5 Å². The van der Waals surface area contributed by atoms with Gasteiger partial charge in [0.05, 0.1) is 13.7 Å². The number of nitrogens with one attached hydrogen (secondary N) is 2. The number of aryl methyl sites for hydroxylation is 1. The van der Waals surface area contributed by atoms with Crippen LogP contribution >= 0.6 is 0 Å². The van der Waals surface area contributed by atoms with E-state index in [1.165, 1.54) is 37.4 Å². The number of carbonyl (C=O) groups is 1. The molecule has 6 rings (SSSR count). The van der Waals surface area contributed by atoms with Gasteiger partial charge in [0.1, 0.15) is 22.9 Å². The van der Waals surface area contributed by atoms with Crippen molar-refractivity contribution in [2.75, 3.05) is 12.0 Å². The topological polar surface area (TPSA) is 79.4 Å². The van der Waals surface area contributed by atoms with Crippen molar-refractivity contribution in [3.05, 3.63) is 112 Å². The van der Waals surface area contributed by atoms with Gasteiger partial charge in [0.15, 0.2) is 0 Å². The number of rotatable bonds is 5. The van der Waals surface area contributed by atoms with Crippen LogP contribution in [0.3, 0.4) is 0 Å². The summed E-state index contributed by atoms with van der Waals surface area (Å²) in [4.78, 5) is 30.9. The fourth-order valence-electron chi connectivity index (χ4n) is 5.25. The molecule has 196 valence electrons. The Bertz CT molecular complexity index is 1810. The predicted molar refractivity (Wildman–Crippen MR) is 145 cm³/mol. The summed E-state index contributed by atoms with van der Waals surface area (Å²) in [5.74, 6) is -0.638. The Labute approximate surface area is 222 Å². The van der Waals surface area contributed by atoms with Crippen LogP contribution in [0.25, 0.3) is 22.0 Å². The lowest BCUT2D eigenvalue weighted by Gasteiger charge is -2.26. The van der Waals surface area contributed by atoms with Gasteiger partial charge in [0, 0.05) is 65.0 Å². The lowest BCUT2D eigenvalue weighted by atomic mass is 9.99. The van der Waals surface area contributed by atoms with Crippen molar-refractivity contribution in [3.8, 4) is 16.9 Å². The number of carbonyl (C=O) groups excluding carboxylic acids is 1. The van der Waals surface area contributed by atoms with Crippen molar-refractivity contribution >= 4 is 28.2 Å². The molecule has 0 radical (unpaired) electrons. The second-order valence-electron chi connectivity index (χ2n) is 9.45. The van der Waals surface area contributed by atoms with E-state index in [0.29, 0.717) is 28.9 Å². The van der Waals surface area contributed by atoms with E-state index in [2.05, 4.69) is 10.3 Å². The quantitative estimate of drug-likeness (QED) is 0.321. The van der Waals surface area contributed by atoms with Crippen molar-refractivity contribution < 1.29 is 18.3 Å². The molecule has 0 atom stereocenters. The highest BCUT2D eigenvalue weighted by Crippen LogP contribution is 2.44. The number of ether oxygens (including phenoxy) is 1. The number of hydrogen-bond donors (Lipinski definition) is 2. The Morgan fingerprint density at radius 1 is 1.03 bits per heavy atom. The number of pyridine rings is 1. The minimum Gasteiger partial charge on any atom is -0.496 e. The van der Waals surface area contributed by atoms with Gasteiger partial charge in [-0.25, -0.2) is 8.78 Å². The first-order valence-corrected chi connectivity index (χ1v) is 12.3. The molecule has 3 heterocycles. The first kappa shape index (κ1) is 24.4. The van der Waals surface area contributed by atoms with Gasteiger partial charge in [-0.15, -0.1) is 0 Å². The summed E-state index contributed by atoms with van der Waals surface area (Å²) in [6.45, 7) is 0.500. The second-order valence-corrected chi connectivity index (χ2v) is 9.45. The summed E-state index contributed by atoms with van der Waals surface area (Å²) >= 11 is 0. The normalized spacial score (nSPS) is 12.3. The molecule has 3 aromatic carbocycles. The number of hydrogen-bond acceptors (Lipinski definition) is 4. The Hall–Kier alpha value is -4.92. The molecular formula is C30H24F2N4O3. The first-order valence-electron chi connectivity index (χ1n) is 12.3. The fraction of sp³-hybridized carbons (Fsp3) is 0.133. The SMILES string of the molecule is COc1ccc(F)cc1CNC(=O)c1ccc2c(c1)-c1cn(C)c3c(=O)[nH]cc(c13)CN2c1ccc(F)cc1. The molecule has 39 heavy (non-hydrogen) atoms. The number of benzene rings is 3. The second kappa shape index (κ2) is 9.43. The number of amides is 1. The van der Waals surface area contributed by atoms with Gasteiger partial charge >= 0.3 is 0 Å². The van der Waals surface area contributed by atoms with E-state index >= 15 is 0 Å². The number of aromatic amines is 1. The molecule has 0 spiro atoms. The Kier molecular flexibility index (Phi) is 5.91. The summed E-state index contributed by atoms with van der Waals surface area (Å²) in [5.41, 5.74) is 5.27. The highest BCUT2D eigenvalue weighted by atomic mass is 19.1. The van der Waals surface area contributed by atoms with E-state index in [4.69, 9.17) is 4.74 Å². The van der Waals surface area contributed by atoms with Gasteiger partial charge in [0.25, 0.3) is 11.5 Å². The van der Waals surface area contributed by atoms with Gasteiger partial charge in [-0.05, 0) is 66.2 Å². The predicted octanol–water partition coefficient (Wildman–Crippen LogP) is 5.40. The van der Waals surface area contributed by atoms with E-state index in [9.17, 15) is 18.4 Å². The van der Waals surface area contributed by atoms with Crippen molar-refractivity contribution in [2.24, 2.45) is 7.05 Å². The van der Waals surface area contributed by atoms with E-state index < -0.39 is 5.82 Å². The smallest absolute Gasteiger partial charge is 0.272 e. The molecule has 0 unspecified atom stereocenters. The Morgan fingerprint density at radius 3 is 2.56 bits per heavy atom. The molecule has 9 heteroatoms. The monoisotopic (exact) mass is 526 g/mol. The molecule has 7 nitrogen and oxygen atoms in total. The third-order valence-corrected chi connectivity index (χ3v) is 7.08. The van der Waals surface area contributed by atoms with Crippen LogP contribution in [0.2, 0.25) is 0 Å². The van der Waals surface area contributed by atoms with Gasteiger partial charge in [-0.3, -0.25) is 9.59 Å². The van der Waals surface area contributed by atoms with Crippen LogP contribution in [-0.2, 0) is 20.1 Å². The Balaban J connectivity index is 1.45. The average Bonchev–Trinajstić information content (AvgIpc) is 3.23. The van der Waals surface area contributed by atoms with Crippen LogP contribution in [0.15, 0.2) is 77.9 Å². The molecule has 0 aliphatic carbocycles. The van der Waals surface area contributed by atoms with E-state index in [1.54, 1.807) is 35.0 Å². The third kappa shape index (κ3) is 4.21. The van der Waals surface area contributed by atoms with Gasteiger partial charge in [0.2, 0.25) is 0 Å².